The zero-order chi connectivity index (χ0) is 14.1. The van der Waals surface area contributed by atoms with E-state index in [0.717, 1.165) is 32.4 Å². The fraction of sp³-hybridized carbons (Fsp3) is 0.867. The molecule has 3 fully saturated rings. The fourth-order valence-corrected chi connectivity index (χ4v) is 3.90. The first-order valence-corrected chi connectivity index (χ1v) is 7.93. The van der Waals surface area contributed by atoms with E-state index in [-0.39, 0.29) is 17.7 Å². The highest BCUT2D eigenvalue weighted by Crippen LogP contribution is 2.30. The minimum absolute atomic E-state index is 0.117. The molecular weight excluding hydrogens is 254 g/mol. The third kappa shape index (κ3) is 2.55. The average molecular weight is 279 g/mol. The van der Waals surface area contributed by atoms with Crippen LogP contribution in [0.4, 0.5) is 0 Å². The maximum Gasteiger partial charge on any atom is 0.228 e. The monoisotopic (exact) mass is 279 g/mol. The van der Waals surface area contributed by atoms with Gasteiger partial charge in [-0.3, -0.25) is 9.59 Å². The minimum Gasteiger partial charge on any atom is -0.341 e. The molecule has 0 aromatic carbocycles. The number of rotatable bonds is 3. The summed E-state index contributed by atoms with van der Waals surface area (Å²) < 4.78 is 0. The Morgan fingerprint density at radius 3 is 2.70 bits per heavy atom. The Hall–Kier alpha value is -1.10. The van der Waals surface area contributed by atoms with Crippen molar-refractivity contribution in [3.8, 4) is 0 Å². The van der Waals surface area contributed by atoms with Crippen LogP contribution in [0.1, 0.15) is 38.5 Å². The van der Waals surface area contributed by atoms with Crippen molar-refractivity contribution >= 4 is 11.8 Å². The maximum atomic E-state index is 12.6. The molecule has 1 saturated carbocycles. The molecule has 3 aliphatic rings. The molecular formula is C15H25N3O2. The smallest absolute Gasteiger partial charge is 0.228 e. The highest BCUT2D eigenvalue weighted by atomic mass is 16.2. The predicted octanol–water partition coefficient (Wildman–Crippen LogP) is 0.598. The second-order valence-electron chi connectivity index (χ2n) is 6.48. The molecule has 5 nitrogen and oxygen atoms in total. The van der Waals surface area contributed by atoms with Crippen LogP contribution >= 0.6 is 0 Å². The Kier molecular flexibility index (Phi) is 3.96. The van der Waals surface area contributed by atoms with Gasteiger partial charge >= 0.3 is 0 Å². The summed E-state index contributed by atoms with van der Waals surface area (Å²) in [4.78, 5) is 28.6. The molecule has 20 heavy (non-hydrogen) atoms. The highest BCUT2D eigenvalue weighted by Gasteiger charge is 2.40. The van der Waals surface area contributed by atoms with Crippen LogP contribution in [0.25, 0.3) is 0 Å². The summed E-state index contributed by atoms with van der Waals surface area (Å²) >= 11 is 0. The van der Waals surface area contributed by atoms with Crippen LogP contribution in [0, 0.1) is 5.92 Å². The number of carbonyl (C=O) groups excluding carboxylic acids is 2. The van der Waals surface area contributed by atoms with Crippen molar-refractivity contribution in [2.24, 2.45) is 5.92 Å². The molecule has 0 aromatic rings. The number of likely N-dealkylation sites (tertiary alicyclic amines) is 1. The standard InChI is InChI=1S/C15H25N3O2/c1-17(13-6-7-16-9-13)15(20)11-8-14(19)18(10-11)12-4-2-3-5-12/h11-13,16H,2-10H2,1H3. The van der Waals surface area contributed by atoms with Crippen molar-refractivity contribution in [2.75, 3.05) is 26.7 Å². The molecule has 1 N–H and O–H groups in total. The van der Waals surface area contributed by atoms with Gasteiger partial charge in [0.25, 0.3) is 0 Å². The van der Waals surface area contributed by atoms with Gasteiger partial charge in [0.2, 0.25) is 11.8 Å². The van der Waals surface area contributed by atoms with Gasteiger partial charge in [-0.05, 0) is 25.8 Å². The van der Waals surface area contributed by atoms with E-state index in [2.05, 4.69) is 5.32 Å². The first-order chi connectivity index (χ1) is 9.66. The lowest BCUT2D eigenvalue weighted by molar-refractivity contribution is -0.136. The molecule has 5 heteroatoms. The van der Waals surface area contributed by atoms with Crippen molar-refractivity contribution < 1.29 is 9.59 Å². The van der Waals surface area contributed by atoms with Gasteiger partial charge in [-0.1, -0.05) is 12.8 Å². The Bertz CT molecular complexity index is 387. The van der Waals surface area contributed by atoms with Gasteiger partial charge in [-0.25, -0.2) is 0 Å². The van der Waals surface area contributed by atoms with Crippen LogP contribution in [0.2, 0.25) is 0 Å². The summed E-state index contributed by atoms with van der Waals surface area (Å²) in [5.74, 6) is 0.231. The summed E-state index contributed by atoms with van der Waals surface area (Å²) in [7, 11) is 1.89. The van der Waals surface area contributed by atoms with Crippen LogP contribution in [0.15, 0.2) is 0 Å². The lowest BCUT2D eigenvalue weighted by Crippen LogP contribution is -2.43. The largest absolute Gasteiger partial charge is 0.341 e. The van der Waals surface area contributed by atoms with Gasteiger partial charge in [0.05, 0.1) is 5.92 Å². The number of amides is 2. The van der Waals surface area contributed by atoms with Gasteiger partial charge in [0, 0.05) is 38.6 Å². The molecule has 3 rings (SSSR count). The Balaban J connectivity index is 1.60. The van der Waals surface area contributed by atoms with Gasteiger partial charge in [0.15, 0.2) is 0 Å². The molecule has 0 spiro atoms. The molecule has 2 atom stereocenters. The molecule has 112 valence electrons. The van der Waals surface area contributed by atoms with Crippen molar-refractivity contribution in [1.29, 1.82) is 0 Å². The number of likely N-dealkylation sites (N-methyl/N-ethyl adjacent to an activating group) is 1. The quantitative estimate of drug-likeness (QED) is 0.823. The number of hydrogen-bond donors (Lipinski definition) is 1. The third-order valence-corrected chi connectivity index (χ3v) is 5.20. The molecule has 1 aliphatic carbocycles. The van der Waals surface area contributed by atoms with E-state index in [1.807, 2.05) is 16.8 Å². The maximum absolute atomic E-state index is 12.6. The van der Waals surface area contributed by atoms with Gasteiger partial charge in [-0.15, -0.1) is 0 Å². The lowest BCUT2D eigenvalue weighted by atomic mass is 10.1. The van der Waals surface area contributed by atoms with Crippen LogP contribution < -0.4 is 5.32 Å². The summed E-state index contributed by atoms with van der Waals surface area (Å²) in [6.45, 7) is 2.52. The summed E-state index contributed by atoms with van der Waals surface area (Å²) in [5, 5.41) is 3.29. The van der Waals surface area contributed by atoms with Gasteiger partial charge < -0.3 is 15.1 Å². The Morgan fingerprint density at radius 1 is 1.30 bits per heavy atom. The molecule has 2 saturated heterocycles. The normalized spacial score (nSPS) is 31.2. The first-order valence-electron chi connectivity index (χ1n) is 7.93. The van der Waals surface area contributed by atoms with E-state index in [1.165, 1.54) is 12.8 Å². The number of nitrogens with zero attached hydrogens (tertiary/aromatic N) is 2. The van der Waals surface area contributed by atoms with E-state index < -0.39 is 0 Å². The van der Waals surface area contributed by atoms with E-state index in [1.54, 1.807) is 0 Å². The number of carbonyl (C=O) groups is 2. The molecule has 0 radical (unpaired) electrons. The van der Waals surface area contributed by atoms with E-state index >= 15 is 0 Å². The van der Waals surface area contributed by atoms with Crippen LogP contribution in [0.5, 0.6) is 0 Å². The summed E-state index contributed by atoms with van der Waals surface area (Å²) in [5.41, 5.74) is 0. The lowest BCUT2D eigenvalue weighted by Gasteiger charge is -2.27. The van der Waals surface area contributed by atoms with Gasteiger partial charge in [-0.2, -0.15) is 0 Å². The van der Waals surface area contributed by atoms with Crippen molar-refractivity contribution in [2.45, 2.75) is 50.6 Å². The van der Waals surface area contributed by atoms with Crippen LogP contribution in [0.3, 0.4) is 0 Å². The molecule has 2 amide bonds. The predicted molar refractivity (Wildman–Crippen MR) is 76.1 cm³/mol. The van der Waals surface area contributed by atoms with Crippen LogP contribution in [-0.4, -0.2) is 60.4 Å². The third-order valence-electron chi connectivity index (χ3n) is 5.20. The zero-order valence-corrected chi connectivity index (χ0v) is 12.3. The zero-order valence-electron chi connectivity index (χ0n) is 12.3. The molecule has 0 bridgehead atoms. The van der Waals surface area contributed by atoms with E-state index in [0.29, 0.717) is 25.0 Å². The second kappa shape index (κ2) is 5.72. The topological polar surface area (TPSA) is 52.7 Å². The molecule has 0 aromatic heterocycles. The van der Waals surface area contributed by atoms with Crippen LogP contribution in [-0.2, 0) is 9.59 Å². The van der Waals surface area contributed by atoms with Gasteiger partial charge in [0.1, 0.15) is 0 Å². The van der Waals surface area contributed by atoms with E-state index in [4.69, 9.17) is 0 Å². The second-order valence-corrected chi connectivity index (χ2v) is 6.48. The average Bonchev–Trinajstić information content (AvgIpc) is 3.17. The fourth-order valence-electron chi connectivity index (χ4n) is 3.90. The Labute approximate surface area is 120 Å². The minimum atomic E-state index is -0.117. The highest BCUT2D eigenvalue weighted by molar-refractivity contribution is 5.89. The number of nitrogens with one attached hydrogen (secondary N) is 1. The molecule has 2 unspecified atom stereocenters. The molecule has 2 heterocycles. The van der Waals surface area contributed by atoms with Crippen molar-refractivity contribution in [3.05, 3.63) is 0 Å². The summed E-state index contributed by atoms with van der Waals surface area (Å²) in [6.07, 6.45) is 6.13. The SMILES string of the molecule is CN(C(=O)C1CC(=O)N(C2CCCC2)C1)C1CCNC1. The van der Waals surface area contributed by atoms with Crippen molar-refractivity contribution in [3.63, 3.8) is 0 Å². The summed E-state index contributed by atoms with van der Waals surface area (Å²) in [6, 6.07) is 0.705. The number of hydrogen-bond acceptors (Lipinski definition) is 3. The Morgan fingerprint density at radius 2 is 2.05 bits per heavy atom. The first kappa shape index (κ1) is 13.9. The van der Waals surface area contributed by atoms with E-state index in [9.17, 15) is 9.59 Å². The van der Waals surface area contributed by atoms with Crippen molar-refractivity contribution in [1.82, 2.24) is 15.1 Å². The molecule has 2 aliphatic heterocycles.